The Morgan fingerprint density at radius 2 is 1.40 bits per heavy atom. The topological polar surface area (TPSA) is 0 Å². The van der Waals surface area contributed by atoms with Gasteiger partial charge in [0.1, 0.15) is 0 Å². The lowest BCUT2D eigenvalue weighted by Gasteiger charge is -1.76. The Morgan fingerprint density at radius 1 is 1.40 bits per heavy atom. The summed E-state index contributed by atoms with van der Waals surface area (Å²) in [4.78, 5) is 0. The molecule has 0 heterocycles. The van der Waals surface area contributed by atoms with Crippen molar-refractivity contribution >= 4 is 25.1 Å². The van der Waals surface area contributed by atoms with E-state index in [1.165, 1.54) is 0 Å². The van der Waals surface area contributed by atoms with Gasteiger partial charge in [-0.2, -0.15) is 13.5 Å². The van der Waals surface area contributed by atoms with Crippen LogP contribution in [-0.4, -0.2) is 5.38 Å². The van der Waals surface area contributed by atoms with Gasteiger partial charge in [-0.1, -0.05) is 0 Å². The highest BCUT2D eigenvalue weighted by Crippen LogP contribution is 1.84. The van der Waals surface area contributed by atoms with Crippen molar-refractivity contribution in [3.63, 3.8) is 0 Å². The minimum absolute atomic E-state index is 0. The van der Waals surface area contributed by atoms with Crippen LogP contribution >= 0.6 is 25.1 Å². The molecule has 0 aliphatic heterocycles. The number of rotatable bonds is 0. The summed E-state index contributed by atoms with van der Waals surface area (Å²) in [5, 5.41) is 0.306. The molecule has 0 bridgehead atoms. The fraction of sp³-hybridized carbons (Fsp3) is 1.00. The van der Waals surface area contributed by atoms with Gasteiger partial charge in [0.25, 0.3) is 0 Å². The van der Waals surface area contributed by atoms with Gasteiger partial charge in [-0.25, -0.2) is 0 Å². The molecule has 0 saturated carbocycles. The smallest absolute Gasteiger partial charge is 0.0279 e. The van der Waals surface area contributed by atoms with E-state index in [1.807, 2.05) is 13.8 Å². The Bertz CT molecular complexity index is 11.6. The van der Waals surface area contributed by atoms with Crippen molar-refractivity contribution in [3.05, 3.63) is 0 Å². The van der Waals surface area contributed by atoms with Crippen molar-refractivity contribution < 1.29 is 0 Å². The van der Waals surface area contributed by atoms with Crippen LogP contribution in [0.15, 0.2) is 0 Å². The lowest BCUT2D eigenvalue weighted by atomic mass is 10.6. The number of halogens is 1. The first-order chi connectivity index (χ1) is 1.73. The van der Waals surface area contributed by atoms with E-state index in [2.05, 4.69) is 0 Å². The predicted molar refractivity (Wildman–Crippen MR) is 31.4 cm³/mol. The van der Waals surface area contributed by atoms with Gasteiger partial charge in [0.05, 0.1) is 0 Å². The molecule has 0 saturated heterocycles. The van der Waals surface area contributed by atoms with E-state index < -0.39 is 0 Å². The summed E-state index contributed by atoms with van der Waals surface area (Å²) < 4.78 is 0. The van der Waals surface area contributed by atoms with Crippen LogP contribution in [0.4, 0.5) is 0 Å². The first kappa shape index (κ1) is 9.16. The standard InChI is InChI=1S/C3H7Cl.H2S/c1-3(2)4;/h3H,1-2H3;1H2. The van der Waals surface area contributed by atoms with Gasteiger partial charge in [-0.05, 0) is 13.8 Å². The molecular formula is C3H9ClS. The molecule has 0 aromatic carbocycles. The minimum atomic E-state index is 0. The van der Waals surface area contributed by atoms with Gasteiger partial charge in [0.15, 0.2) is 0 Å². The SMILES string of the molecule is CC(C)Cl.S. The van der Waals surface area contributed by atoms with Crippen LogP contribution in [0, 0.1) is 0 Å². The van der Waals surface area contributed by atoms with Crippen LogP contribution in [0.1, 0.15) is 13.8 Å². The van der Waals surface area contributed by atoms with Crippen molar-refractivity contribution in [2.24, 2.45) is 0 Å². The minimum Gasteiger partial charge on any atom is -0.197 e. The molecule has 0 aliphatic carbocycles. The van der Waals surface area contributed by atoms with Crippen LogP contribution in [0.25, 0.3) is 0 Å². The zero-order valence-electron chi connectivity index (χ0n) is 3.46. The normalized spacial score (nSPS) is 7.20. The van der Waals surface area contributed by atoms with Crippen LogP contribution in [0.5, 0.6) is 0 Å². The molecule has 0 aliphatic rings. The Labute approximate surface area is 45.0 Å². The Morgan fingerprint density at radius 3 is 1.40 bits per heavy atom. The highest BCUT2D eigenvalue weighted by molar-refractivity contribution is 7.59. The molecular weight excluding hydrogens is 104 g/mol. The van der Waals surface area contributed by atoms with E-state index >= 15 is 0 Å². The van der Waals surface area contributed by atoms with E-state index in [1.54, 1.807) is 0 Å². The second kappa shape index (κ2) is 4.64. The third-order valence-electron chi connectivity index (χ3n) is 0. The summed E-state index contributed by atoms with van der Waals surface area (Å²) in [6.07, 6.45) is 0. The number of alkyl halides is 1. The highest BCUT2D eigenvalue weighted by atomic mass is 35.5. The molecule has 5 heavy (non-hydrogen) atoms. The summed E-state index contributed by atoms with van der Waals surface area (Å²) in [5.74, 6) is 0. The van der Waals surface area contributed by atoms with E-state index in [0.29, 0.717) is 5.38 Å². The molecule has 2 heteroatoms. The van der Waals surface area contributed by atoms with Crippen LogP contribution in [0.3, 0.4) is 0 Å². The predicted octanol–water partition coefficient (Wildman–Crippen LogP) is 1.75. The van der Waals surface area contributed by atoms with Crippen molar-refractivity contribution in [1.82, 2.24) is 0 Å². The van der Waals surface area contributed by atoms with Crippen molar-refractivity contribution in [2.45, 2.75) is 19.2 Å². The maximum absolute atomic E-state index is 5.27. The Balaban J connectivity index is 0. The first-order valence-electron chi connectivity index (χ1n) is 1.37. The molecule has 0 nitrogen and oxygen atoms in total. The van der Waals surface area contributed by atoms with Gasteiger partial charge in [0.2, 0.25) is 0 Å². The van der Waals surface area contributed by atoms with E-state index in [-0.39, 0.29) is 13.5 Å². The monoisotopic (exact) mass is 112 g/mol. The van der Waals surface area contributed by atoms with Crippen molar-refractivity contribution in [2.75, 3.05) is 0 Å². The number of hydrogen-bond acceptors (Lipinski definition) is 0. The Kier molecular flexibility index (Phi) is 8.50. The zero-order chi connectivity index (χ0) is 3.58. The molecule has 0 rings (SSSR count). The lowest BCUT2D eigenvalue weighted by Crippen LogP contribution is -1.70. The van der Waals surface area contributed by atoms with Crippen molar-refractivity contribution in [1.29, 1.82) is 0 Å². The maximum atomic E-state index is 5.27. The van der Waals surface area contributed by atoms with E-state index in [4.69, 9.17) is 11.6 Å². The summed E-state index contributed by atoms with van der Waals surface area (Å²) in [6, 6.07) is 0. The maximum Gasteiger partial charge on any atom is 0.0279 e. The van der Waals surface area contributed by atoms with Crippen molar-refractivity contribution in [3.8, 4) is 0 Å². The fourth-order valence-corrected chi connectivity index (χ4v) is 0. The average molecular weight is 113 g/mol. The van der Waals surface area contributed by atoms with Gasteiger partial charge in [0, 0.05) is 5.38 Å². The summed E-state index contributed by atoms with van der Waals surface area (Å²) in [5.41, 5.74) is 0. The summed E-state index contributed by atoms with van der Waals surface area (Å²) >= 11 is 5.27. The Hall–Kier alpha value is 0.640. The molecule has 0 aromatic rings. The van der Waals surface area contributed by atoms with Gasteiger partial charge < -0.3 is 0 Å². The zero-order valence-corrected chi connectivity index (χ0v) is 5.21. The van der Waals surface area contributed by atoms with Gasteiger partial charge in [-0.3, -0.25) is 0 Å². The van der Waals surface area contributed by atoms with Crippen LogP contribution in [0.2, 0.25) is 0 Å². The van der Waals surface area contributed by atoms with Crippen LogP contribution in [-0.2, 0) is 0 Å². The number of hydrogen-bond donors (Lipinski definition) is 0. The second-order valence-corrected chi connectivity index (χ2v) is 1.89. The largest absolute Gasteiger partial charge is 0.197 e. The molecule has 0 atom stereocenters. The summed E-state index contributed by atoms with van der Waals surface area (Å²) in [6.45, 7) is 3.86. The highest BCUT2D eigenvalue weighted by Gasteiger charge is 1.71. The molecule has 0 radical (unpaired) electrons. The lowest BCUT2D eigenvalue weighted by molar-refractivity contribution is 1.10. The quantitative estimate of drug-likeness (QED) is 0.419. The fourth-order valence-electron chi connectivity index (χ4n) is 0. The molecule has 0 amide bonds. The van der Waals surface area contributed by atoms with Gasteiger partial charge in [-0.15, -0.1) is 11.6 Å². The second-order valence-electron chi connectivity index (χ2n) is 1.01. The third kappa shape index (κ3) is 79.0. The molecule has 0 aromatic heterocycles. The molecule has 0 unspecified atom stereocenters. The molecule has 0 fully saturated rings. The summed E-state index contributed by atoms with van der Waals surface area (Å²) in [7, 11) is 0. The molecule has 34 valence electrons. The third-order valence-corrected chi connectivity index (χ3v) is 0. The molecule has 0 spiro atoms. The van der Waals surface area contributed by atoms with Crippen LogP contribution < -0.4 is 0 Å². The van der Waals surface area contributed by atoms with E-state index in [0.717, 1.165) is 0 Å². The first-order valence-corrected chi connectivity index (χ1v) is 1.81. The molecule has 0 N–H and O–H groups in total. The van der Waals surface area contributed by atoms with E-state index in [9.17, 15) is 0 Å². The average Bonchev–Trinajstić information content (AvgIpc) is 0.811. The van der Waals surface area contributed by atoms with Gasteiger partial charge >= 0.3 is 0 Å².